The predicted octanol–water partition coefficient (Wildman–Crippen LogP) is 2.91. The molecule has 3 atom stereocenters. The van der Waals surface area contributed by atoms with Gasteiger partial charge in [-0.15, -0.1) is 10.2 Å². The van der Waals surface area contributed by atoms with Crippen LogP contribution in [0, 0.1) is 29.4 Å². The Hall–Kier alpha value is -2.20. The van der Waals surface area contributed by atoms with Crippen LogP contribution in [0.15, 0.2) is 24.3 Å². The summed E-state index contributed by atoms with van der Waals surface area (Å²) in [6.07, 6.45) is -1.11. The zero-order chi connectivity index (χ0) is 25.7. The van der Waals surface area contributed by atoms with Crippen LogP contribution in [0.5, 0.6) is 0 Å². The third-order valence-corrected chi connectivity index (χ3v) is 8.43. The molecule has 2 aliphatic heterocycles. The Morgan fingerprint density at radius 1 is 0.972 bits per heavy atom. The van der Waals surface area contributed by atoms with Gasteiger partial charge in [-0.2, -0.15) is 13.2 Å². The lowest BCUT2D eigenvalue weighted by molar-refractivity contribution is -0.137. The second-order valence-electron chi connectivity index (χ2n) is 10.9. The lowest BCUT2D eigenvalue weighted by atomic mass is 9.52. The predicted molar refractivity (Wildman–Crippen MR) is 131 cm³/mol. The normalized spacial score (nSPS) is 25.8. The van der Waals surface area contributed by atoms with E-state index in [9.17, 15) is 22.0 Å². The highest BCUT2D eigenvalue weighted by Gasteiger charge is 2.47. The molecule has 3 fully saturated rings. The van der Waals surface area contributed by atoms with E-state index < -0.39 is 23.4 Å². The molecule has 1 aliphatic carbocycles. The molecule has 0 bridgehead atoms. The molecule has 192 valence electrons. The number of hydrogen-bond acceptors (Lipinski definition) is 5. The van der Waals surface area contributed by atoms with E-state index in [1.54, 1.807) is 0 Å². The van der Waals surface area contributed by atoms with Gasteiger partial charge in [0.15, 0.2) is 5.82 Å². The van der Waals surface area contributed by atoms with Crippen LogP contribution < -0.4 is 5.32 Å². The minimum absolute atomic E-state index is 0.0635. The summed E-state index contributed by atoms with van der Waals surface area (Å²) in [6, 6.07) is 3.16. The third kappa shape index (κ3) is 4.98. The maximum Gasteiger partial charge on any atom is 0.420 e. The lowest BCUT2D eigenvalue weighted by Crippen LogP contribution is -2.56. The lowest BCUT2D eigenvalue weighted by Gasteiger charge is -2.45. The van der Waals surface area contributed by atoms with Gasteiger partial charge < -0.3 is 15.0 Å². The molecule has 2 aromatic rings. The average molecular weight is 506 g/mol. The highest BCUT2D eigenvalue weighted by Crippen LogP contribution is 2.44. The first-order valence-electron chi connectivity index (χ1n) is 12.5. The van der Waals surface area contributed by atoms with Gasteiger partial charge in [-0.1, -0.05) is 0 Å². The fraction of sp³-hybridized carbons (Fsp3) is 0.583. The number of halogens is 5. The van der Waals surface area contributed by atoms with Crippen molar-refractivity contribution < 1.29 is 26.7 Å². The Balaban J connectivity index is 1.29. The summed E-state index contributed by atoms with van der Waals surface area (Å²) in [5.74, 6) is -0.612. The summed E-state index contributed by atoms with van der Waals surface area (Å²) in [5, 5.41) is 10.6. The summed E-state index contributed by atoms with van der Waals surface area (Å²) in [6.45, 7) is 3.47. The molecule has 1 N–H and O–H groups in total. The fourth-order valence-electron chi connectivity index (χ4n) is 6.28. The van der Waals surface area contributed by atoms with Gasteiger partial charge in [0.25, 0.3) is 0 Å². The first-order chi connectivity index (χ1) is 17.0. The number of nitrogens with one attached hydrogen (secondary N) is 1. The maximum atomic E-state index is 14.1. The molecular weight excluding hydrogens is 477 g/mol. The van der Waals surface area contributed by atoms with Crippen molar-refractivity contribution in [1.82, 2.24) is 15.1 Å². The van der Waals surface area contributed by atoms with Crippen LogP contribution in [0.2, 0.25) is 0 Å². The first kappa shape index (κ1) is 25.4. The van der Waals surface area contributed by atoms with Crippen molar-refractivity contribution in [3.8, 4) is 11.3 Å². The van der Waals surface area contributed by atoms with E-state index in [1.807, 2.05) is 0 Å². The van der Waals surface area contributed by atoms with Crippen LogP contribution >= 0.6 is 0 Å². The van der Waals surface area contributed by atoms with Crippen LogP contribution in [-0.4, -0.2) is 68.5 Å². The van der Waals surface area contributed by atoms with Gasteiger partial charge in [-0.3, -0.25) is 0 Å². The van der Waals surface area contributed by atoms with Gasteiger partial charge in [0.1, 0.15) is 32.9 Å². The Labute approximate surface area is 209 Å². The van der Waals surface area contributed by atoms with Gasteiger partial charge in [-0.05, 0) is 73.0 Å². The Morgan fingerprint density at radius 2 is 1.64 bits per heavy atom. The molecule has 1 saturated carbocycles. The molecule has 1 aromatic heterocycles. The molecule has 0 spiro atoms. The van der Waals surface area contributed by atoms with Gasteiger partial charge >= 0.3 is 6.18 Å². The Kier molecular flexibility index (Phi) is 6.78. The number of alkyl halides is 3. The largest absolute Gasteiger partial charge is 0.420 e. The molecule has 0 amide bonds. The van der Waals surface area contributed by atoms with Crippen LogP contribution in [0.3, 0.4) is 0 Å². The molecule has 1 aromatic carbocycles. The molecule has 5 nitrogen and oxygen atoms in total. The smallest absolute Gasteiger partial charge is 0.381 e. The number of anilines is 1. The third-order valence-electron chi connectivity index (χ3n) is 8.43. The minimum atomic E-state index is -4.73. The SMILES string of the molecule is BC(B)(C1CCOCC1)N1C[C@H]2C[C@H](Nc3nnc(-c4cc(F)ccc4F)cc3C(F)(F)F)C[C@H]2C1. The topological polar surface area (TPSA) is 50.3 Å². The second kappa shape index (κ2) is 9.59. The molecule has 12 heteroatoms. The summed E-state index contributed by atoms with van der Waals surface area (Å²) in [5.41, 5.74) is -1.75. The Bertz CT molecular complexity index is 1100. The summed E-state index contributed by atoms with van der Waals surface area (Å²) >= 11 is 0. The van der Waals surface area contributed by atoms with E-state index in [0.29, 0.717) is 17.8 Å². The van der Waals surface area contributed by atoms with Crippen LogP contribution in [-0.2, 0) is 10.9 Å². The molecule has 3 aliphatic rings. The second-order valence-corrected chi connectivity index (χ2v) is 10.9. The molecule has 0 unspecified atom stereocenters. The summed E-state index contributed by atoms with van der Waals surface area (Å²) in [7, 11) is 4.60. The van der Waals surface area contributed by atoms with Crippen molar-refractivity contribution >= 4 is 21.5 Å². The quantitative estimate of drug-likeness (QED) is 0.500. The van der Waals surface area contributed by atoms with Crippen LogP contribution in [0.4, 0.5) is 27.8 Å². The first-order valence-corrected chi connectivity index (χ1v) is 12.5. The van der Waals surface area contributed by atoms with E-state index in [0.717, 1.165) is 76.3 Å². The molecule has 0 radical (unpaired) electrons. The number of hydrogen-bond donors (Lipinski definition) is 1. The van der Waals surface area contributed by atoms with Gasteiger partial charge in [0.2, 0.25) is 0 Å². The van der Waals surface area contributed by atoms with Crippen LogP contribution in [0.25, 0.3) is 11.3 Å². The molecule has 3 heterocycles. The van der Waals surface area contributed by atoms with Crippen molar-refractivity contribution in [3.05, 3.63) is 41.5 Å². The van der Waals surface area contributed by atoms with E-state index in [2.05, 4.69) is 36.1 Å². The number of nitrogens with zero attached hydrogens (tertiary/aromatic N) is 3. The number of benzene rings is 1. The highest BCUT2D eigenvalue weighted by molar-refractivity contribution is 6.40. The summed E-state index contributed by atoms with van der Waals surface area (Å²) < 4.78 is 74.9. The van der Waals surface area contributed by atoms with Crippen LogP contribution in [0.1, 0.15) is 31.2 Å². The Morgan fingerprint density at radius 3 is 2.28 bits per heavy atom. The zero-order valence-corrected chi connectivity index (χ0v) is 20.4. The number of fused-ring (bicyclic) bond motifs is 1. The van der Waals surface area contributed by atoms with Gasteiger partial charge in [0.05, 0.1) is 5.69 Å². The minimum Gasteiger partial charge on any atom is -0.381 e. The van der Waals surface area contributed by atoms with Crippen molar-refractivity contribution in [2.75, 3.05) is 31.6 Å². The molecule has 36 heavy (non-hydrogen) atoms. The van der Waals surface area contributed by atoms with E-state index in [1.165, 1.54) is 0 Å². The molecular formula is C24H29B2F5N4O. The van der Waals surface area contributed by atoms with Crippen molar-refractivity contribution in [3.63, 3.8) is 0 Å². The maximum absolute atomic E-state index is 14.1. The number of rotatable bonds is 5. The highest BCUT2D eigenvalue weighted by atomic mass is 19.4. The molecule has 5 rings (SSSR count). The van der Waals surface area contributed by atoms with E-state index in [4.69, 9.17) is 4.74 Å². The number of aromatic nitrogens is 2. The van der Waals surface area contributed by atoms with Crippen molar-refractivity contribution in [1.29, 1.82) is 0 Å². The number of likely N-dealkylation sites (tertiary alicyclic amines) is 1. The molecule has 2 saturated heterocycles. The van der Waals surface area contributed by atoms with Crippen molar-refractivity contribution in [2.45, 2.75) is 43.2 Å². The zero-order valence-electron chi connectivity index (χ0n) is 20.4. The van der Waals surface area contributed by atoms with Gasteiger partial charge in [0, 0.05) is 37.9 Å². The van der Waals surface area contributed by atoms with E-state index >= 15 is 0 Å². The standard InChI is InChI=1S/C24H29B2F5N4O/c25-23(26,15-3-5-36-6-4-15)35-11-13-7-17(8-14(13)12-35)32-22-19(24(29,30)31)10-21(33-34-22)18-9-16(27)1-2-20(18)28/h1-2,9-10,13-15,17H,3-8,11-12,25-26H2,(H,32,34)/t13-,14+,17+. The average Bonchev–Trinajstić information content (AvgIpc) is 3.40. The fourth-order valence-corrected chi connectivity index (χ4v) is 6.28. The number of ether oxygens (including phenoxy) is 1. The summed E-state index contributed by atoms with van der Waals surface area (Å²) in [4.78, 5) is 2.55. The van der Waals surface area contributed by atoms with Crippen molar-refractivity contribution in [2.24, 2.45) is 17.8 Å². The monoisotopic (exact) mass is 506 g/mol. The van der Waals surface area contributed by atoms with E-state index in [-0.39, 0.29) is 28.5 Å². The van der Waals surface area contributed by atoms with Gasteiger partial charge in [-0.25, -0.2) is 8.78 Å².